The van der Waals surface area contributed by atoms with E-state index in [9.17, 15) is 5.11 Å². The molecule has 5 nitrogen and oxygen atoms in total. The first-order chi connectivity index (χ1) is 8.84. The summed E-state index contributed by atoms with van der Waals surface area (Å²) in [5.41, 5.74) is 0. The van der Waals surface area contributed by atoms with Gasteiger partial charge in [0, 0.05) is 25.5 Å². The van der Waals surface area contributed by atoms with Gasteiger partial charge in [-0.2, -0.15) is 0 Å². The average molecular weight is 250 g/mol. The number of nitrogens with zero attached hydrogens (tertiary/aromatic N) is 3. The third-order valence-corrected chi connectivity index (χ3v) is 3.23. The van der Waals surface area contributed by atoms with Crippen molar-refractivity contribution in [3.63, 3.8) is 0 Å². The van der Waals surface area contributed by atoms with E-state index < -0.39 is 0 Å². The zero-order valence-corrected chi connectivity index (χ0v) is 10.8. The smallest absolute Gasteiger partial charge is 0.222 e. The molecule has 1 fully saturated rings. The number of hydrogen-bond acceptors (Lipinski definition) is 5. The summed E-state index contributed by atoms with van der Waals surface area (Å²) in [6, 6.07) is 1.78. The maximum Gasteiger partial charge on any atom is 0.222 e. The molecule has 1 unspecified atom stereocenters. The number of aliphatic hydroxyl groups is 1. The minimum atomic E-state index is -0.369. The fourth-order valence-corrected chi connectivity index (χ4v) is 2.28. The highest BCUT2D eigenvalue weighted by atomic mass is 16.3. The summed E-state index contributed by atoms with van der Waals surface area (Å²) >= 11 is 0. The predicted octanol–water partition coefficient (Wildman–Crippen LogP) is 1.13. The maximum absolute atomic E-state index is 9.99. The SMILES string of the molecule is OC(CNc1ncccn1)CN1CCCCCC1. The van der Waals surface area contributed by atoms with Crippen molar-refractivity contribution in [3.8, 4) is 0 Å². The number of likely N-dealkylation sites (tertiary alicyclic amines) is 1. The van der Waals surface area contributed by atoms with Crippen molar-refractivity contribution >= 4 is 5.95 Å². The highest BCUT2D eigenvalue weighted by molar-refractivity contribution is 5.22. The van der Waals surface area contributed by atoms with Gasteiger partial charge in [-0.3, -0.25) is 0 Å². The van der Waals surface area contributed by atoms with E-state index in [1.807, 2.05) is 0 Å². The van der Waals surface area contributed by atoms with Crippen LogP contribution in [0.4, 0.5) is 5.95 Å². The van der Waals surface area contributed by atoms with Crippen LogP contribution < -0.4 is 5.32 Å². The summed E-state index contributed by atoms with van der Waals surface area (Å²) in [6.07, 6.45) is 8.16. The molecule has 0 aliphatic carbocycles. The summed E-state index contributed by atoms with van der Waals surface area (Å²) in [7, 11) is 0. The summed E-state index contributed by atoms with van der Waals surface area (Å²) in [5, 5.41) is 13.0. The number of β-amino-alcohol motifs (C(OH)–C–C–N with tert-alkyl or cyclic N) is 1. The van der Waals surface area contributed by atoms with E-state index in [1.54, 1.807) is 18.5 Å². The Hall–Kier alpha value is -1.20. The number of rotatable bonds is 5. The molecule has 5 heteroatoms. The minimum absolute atomic E-state index is 0.369. The van der Waals surface area contributed by atoms with Gasteiger partial charge in [-0.05, 0) is 32.0 Å². The van der Waals surface area contributed by atoms with Crippen LogP contribution in [0.25, 0.3) is 0 Å². The number of hydrogen-bond donors (Lipinski definition) is 2. The molecule has 2 rings (SSSR count). The van der Waals surface area contributed by atoms with Crippen LogP contribution in [0.3, 0.4) is 0 Å². The van der Waals surface area contributed by atoms with Gasteiger partial charge in [0.1, 0.15) is 0 Å². The number of aliphatic hydroxyl groups excluding tert-OH is 1. The Bertz CT molecular complexity index is 325. The molecule has 1 aromatic heterocycles. The van der Waals surface area contributed by atoms with Crippen LogP contribution >= 0.6 is 0 Å². The van der Waals surface area contributed by atoms with Crippen LogP contribution in [0.1, 0.15) is 25.7 Å². The van der Waals surface area contributed by atoms with Crippen molar-refractivity contribution < 1.29 is 5.11 Å². The Morgan fingerprint density at radius 2 is 1.83 bits per heavy atom. The number of aromatic nitrogens is 2. The van der Waals surface area contributed by atoms with Gasteiger partial charge in [0.25, 0.3) is 0 Å². The lowest BCUT2D eigenvalue weighted by atomic mass is 10.2. The topological polar surface area (TPSA) is 61.3 Å². The Morgan fingerprint density at radius 1 is 1.17 bits per heavy atom. The van der Waals surface area contributed by atoms with Gasteiger partial charge in [0.05, 0.1) is 6.10 Å². The molecule has 1 aliphatic heterocycles. The van der Waals surface area contributed by atoms with Crippen molar-refractivity contribution in [1.82, 2.24) is 14.9 Å². The maximum atomic E-state index is 9.99. The van der Waals surface area contributed by atoms with E-state index in [2.05, 4.69) is 20.2 Å². The highest BCUT2D eigenvalue weighted by Gasteiger charge is 2.13. The van der Waals surface area contributed by atoms with Gasteiger partial charge in [-0.1, -0.05) is 12.8 Å². The molecule has 0 bridgehead atoms. The van der Waals surface area contributed by atoms with Crippen molar-refractivity contribution in [1.29, 1.82) is 0 Å². The average Bonchev–Trinajstić information content (AvgIpc) is 2.66. The zero-order valence-electron chi connectivity index (χ0n) is 10.8. The summed E-state index contributed by atoms with van der Waals surface area (Å²) in [4.78, 5) is 10.5. The van der Waals surface area contributed by atoms with Crippen molar-refractivity contribution in [3.05, 3.63) is 18.5 Å². The van der Waals surface area contributed by atoms with E-state index in [-0.39, 0.29) is 6.10 Å². The predicted molar refractivity (Wildman–Crippen MR) is 71.4 cm³/mol. The molecule has 2 heterocycles. The highest BCUT2D eigenvalue weighted by Crippen LogP contribution is 2.09. The van der Waals surface area contributed by atoms with Gasteiger partial charge in [-0.15, -0.1) is 0 Å². The van der Waals surface area contributed by atoms with Crippen LogP contribution in [-0.2, 0) is 0 Å². The lowest BCUT2D eigenvalue weighted by Gasteiger charge is -2.23. The van der Waals surface area contributed by atoms with Gasteiger partial charge < -0.3 is 15.3 Å². The van der Waals surface area contributed by atoms with Crippen molar-refractivity contribution in [2.75, 3.05) is 31.5 Å². The molecule has 0 spiro atoms. The molecule has 0 radical (unpaired) electrons. The van der Waals surface area contributed by atoms with E-state index >= 15 is 0 Å². The van der Waals surface area contributed by atoms with E-state index in [1.165, 1.54) is 25.7 Å². The van der Waals surface area contributed by atoms with E-state index in [0.717, 1.165) is 19.6 Å². The van der Waals surface area contributed by atoms with Crippen LogP contribution in [0.2, 0.25) is 0 Å². The van der Waals surface area contributed by atoms with Crippen LogP contribution in [-0.4, -0.2) is 52.3 Å². The Balaban J connectivity index is 1.69. The van der Waals surface area contributed by atoms with Crippen LogP contribution in [0.15, 0.2) is 18.5 Å². The minimum Gasteiger partial charge on any atom is -0.390 e. The quantitative estimate of drug-likeness (QED) is 0.820. The normalized spacial score (nSPS) is 19.2. The Morgan fingerprint density at radius 3 is 2.50 bits per heavy atom. The molecule has 18 heavy (non-hydrogen) atoms. The van der Waals surface area contributed by atoms with Gasteiger partial charge in [-0.25, -0.2) is 9.97 Å². The first-order valence-corrected chi connectivity index (χ1v) is 6.76. The van der Waals surface area contributed by atoms with Gasteiger partial charge in [0.2, 0.25) is 5.95 Å². The molecule has 1 aromatic rings. The van der Waals surface area contributed by atoms with Crippen LogP contribution in [0.5, 0.6) is 0 Å². The monoisotopic (exact) mass is 250 g/mol. The fraction of sp³-hybridized carbons (Fsp3) is 0.692. The Labute approximate surface area is 108 Å². The lowest BCUT2D eigenvalue weighted by molar-refractivity contribution is 0.124. The summed E-state index contributed by atoms with van der Waals surface area (Å²) < 4.78 is 0. The second-order valence-corrected chi connectivity index (χ2v) is 4.82. The summed E-state index contributed by atoms with van der Waals surface area (Å²) in [6.45, 7) is 3.46. The molecule has 1 atom stereocenters. The molecule has 0 amide bonds. The molecule has 1 aliphatic rings. The molecule has 1 saturated heterocycles. The summed E-state index contributed by atoms with van der Waals surface area (Å²) in [5.74, 6) is 0.576. The fourth-order valence-electron chi connectivity index (χ4n) is 2.28. The molecular weight excluding hydrogens is 228 g/mol. The molecule has 0 saturated carbocycles. The van der Waals surface area contributed by atoms with E-state index in [4.69, 9.17) is 0 Å². The molecule has 0 aromatic carbocycles. The van der Waals surface area contributed by atoms with Gasteiger partial charge in [0.15, 0.2) is 0 Å². The standard InChI is InChI=1S/C13H22N4O/c18-12(10-16-13-14-6-5-7-15-13)11-17-8-3-1-2-4-9-17/h5-7,12,18H,1-4,8-11H2,(H,14,15,16). The first-order valence-electron chi connectivity index (χ1n) is 6.76. The lowest BCUT2D eigenvalue weighted by Crippen LogP contribution is -2.36. The molecular formula is C13H22N4O. The third kappa shape index (κ3) is 4.58. The second kappa shape index (κ2) is 7.28. The van der Waals surface area contributed by atoms with Crippen LogP contribution in [0, 0.1) is 0 Å². The largest absolute Gasteiger partial charge is 0.390 e. The van der Waals surface area contributed by atoms with E-state index in [0.29, 0.717) is 12.5 Å². The number of anilines is 1. The zero-order chi connectivity index (χ0) is 12.6. The Kier molecular flexibility index (Phi) is 5.36. The number of nitrogens with one attached hydrogen (secondary N) is 1. The first kappa shape index (κ1) is 13.2. The van der Waals surface area contributed by atoms with Crippen molar-refractivity contribution in [2.24, 2.45) is 0 Å². The van der Waals surface area contributed by atoms with Crippen molar-refractivity contribution in [2.45, 2.75) is 31.8 Å². The molecule has 2 N–H and O–H groups in total. The molecule has 100 valence electrons. The van der Waals surface area contributed by atoms with Gasteiger partial charge >= 0.3 is 0 Å². The second-order valence-electron chi connectivity index (χ2n) is 4.82. The third-order valence-electron chi connectivity index (χ3n) is 3.23.